The van der Waals surface area contributed by atoms with Crippen LogP contribution in [0.1, 0.15) is 16.9 Å². The van der Waals surface area contributed by atoms with E-state index in [1.54, 1.807) is 24.6 Å². The number of nitrogens with one attached hydrogen (secondary N) is 1. The number of fused-ring (bicyclic) bond motifs is 1. The number of carbonyl (C=O) groups is 1. The highest BCUT2D eigenvalue weighted by molar-refractivity contribution is 5.97. The zero-order valence-corrected chi connectivity index (χ0v) is 12.7. The molecule has 1 aliphatic heterocycles. The molecule has 1 aromatic carbocycles. The zero-order chi connectivity index (χ0) is 16.1. The van der Waals surface area contributed by atoms with Crippen LogP contribution in [0.2, 0.25) is 0 Å². The van der Waals surface area contributed by atoms with Gasteiger partial charge in [-0.1, -0.05) is 24.3 Å². The predicted octanol–water partition coefficient (Wildman–Crippen LogP) is 2.36. The Labute approximate surface area is 134 Å². The van der Waals surface area contributed by atoms with Gasteiger partial charge in [-0.3, -0.25) is 4.79 Å². The fourth-order valence-corrected chi connectivity index (χ4v) is 2.62. The highest BCUT2D eigenvalue weighted by Crippen LogP contribution is 2.19. The van der Waals surface area contributed by atoms with E-state index >= 15 is 0 Å². The maximum absolute atomic E-state index is 12.1. The second-order valence-corrected chi connectivity index (χ2v) is 5.41. The van der Waals surface area contributed by atoms with Crippen molar-refractivity contribution < 1.29 is 9.21 Å². The Morgan fingerprint density at radius 1 is 1.30 bits per heavy atom. The monoisotopic (exact) mass is 307 g/mol. The standard InChI is InChI=1S/C18H17N3O2/c19-10-16(18(22)20-11-17-6-3-9-23-17)13-21-8-7-14-4-1-2-5-15(14)12-21/h1-6,9,13H,7-8,11-12H2,(H,20,22)/b16-13-. The number of nitriles is 1. The molecule has 1 N–H and O–H groups in total. The van der Waals surface area contributed by atoms with E-state index in [0.29, 0.717) is 12.3 Å². The van der Waals surface area contributed by atoms with Crippen LogP contribution in [-0.2, 0) is 24.3 Å². The predicted molar refractivity (Wildman–Crippen MR) is 84.8 cm³/mol. The maximum atomic E-state index is 12.1. The quantitative estimate of drug-likeness (QED) is 0.695. The largest absolute Gasteiger partial charge is 0.467 e. The van der Waals surface area contributed by atoms with Crippen molar-refractivity contribution in [2.75, 3.05) is 6.54 Å². The fraction of sp³-hybridized carbons (Fsp3) is 0.222. The first-order valence-corrected chi connectivity index (χ1v) is 7.49. The Balaban J connectivity index is 1.65. The van der Waals surface area contributed by atoms with E-state index in [0.717, 1.165) is 13.0 Å². The SMILES string of the molecule is N#C/C(=C/N1CCc2ccccc2C1)C(=O)NCc1ccco1. The molecule has 1 amide bonds. The minimum Gasteiger partial charge on any atom is -0.467 e. The second kappa shape index (κ2) is 6.84. The molecule has 0 atom stereocenters. The van der Waals surface area contributed by atoms with Gasteiger partial charge < -0.3 is 14.6 Å². The third-order valence-corrected chi connectivity index (χ3v) is 3.84. The molecular weight excluding hydrogens is 290 g/mol. The first-order chi connectivity index (χ1) is 11.3. The molecule has 0 saturated carbocycles. The van der Waals surface area contributed by atoms with Crippen molar-refractivity contribution in [1.29, 1.82) is 5.26 Å². The van der Waals surface area contributed by atoms with E-state index in [2.05, 4.69) is 17.4 Å². The Bertz CT molecular complexity index is 757. The molecule has 0 radical (unpaired) electrons. The van der Waals surface area contributed by atoms with Crippen molar-refractivity contribution in [2.45, 2.75) is 19.5 Å². The van der Waals surface area contributed by atoms with Crippen molar-refractivity contribution in [3.05, 3.63) is 71.3 Å². The molecule has 0 spiro atoms. The lowest BCUT2D eigenvalue weighted by molar-refractivity contribution is -0.117. The lowest BCUT2D eigenvalue weighted by Crippen LogP contribution is -2.29. The summed E-state index contributed by atoms with van der Waals surface area (Å²) in [5, 5.41) is 11.9. The number of nitrogens with zero attached hydrogens (tertiary/aromatic N) is 2. The molecule has 1 aliphatic rings. The molecule has 0 unspecified atom stereocenters. The van der Waals surface area contributed by atoms with Crippen molar-refractivity contribution >= 4 is 5.91 Å². The first kappa shape index (κ1) is 14.9. The number of benzene rings is 1. The summed E-state index contributed by atoms with van der Waals surface area (Å²) < 4.78 is 5.16. The van der Waals surface area contributed by atoms with Crippen LogP contribution in [0.15, 0.2) is 58.9 Å². The Morgan fingerprint density at radius 2 is 2.13 bits per heavy atom. The van der Waals surface area contributed by atoms with Crippen LogP contribution >= 0.6 is 0 Å². The van der Waals surface area contributed by atoms with Gasteiger partial charge in [0.1, 0.15) is 17.4 Å². The summed E-state index contributed by atoms with van der Waals surface area (Å²) in [6.45, 7) is 1.79. The lowest BCUT2D eigenvalue weighted by Gasteiger charge is -2.27. The minimum absolute atomic E-state index is 0.107. The molecule has 0 saturated heterocycles. The smallest absolute Gasteiger partial charge is 0.263 e. The summed E-state index contributed by atoms with van der Waals surface area (Å²) in [7, 11) is 0. The van der Waals surface area contributed by atoms with Gasteiger partial charge in [0.05, 0.1) is 12.8 Å². The highest BCUT2D eigenvalue weighted by Gasteiger charge is 2.16. The summed E-state index contributed by atoms with van der Waals surface area (Å²) in [5.41, 5.74) is 2.68. The second-order valence-electron chi connectivity index (χ2n) is 5.41. The summed E-state index contributed by atoms with van der Waals surface area (Å²) in [6, 6.07) is 13.8. The van der Waals surface area contributed by atoms with Gasteiger partial charge in [-0.05, 0) is 29.7 Å². The number of carbonyl (C=O) groups excluding carboxylic acids is 1. The lowest BCUT2D eigenvalue weighted by atomic mass is 10.0. The van der Waals surface area contributed by atoms with Crippen LogP contribution in [0.25, 0.3) is 0 Å². The Morgan fingerprint density at radius 3 is 2.87 bits per heavy atom. The fourth-order valence-electron chi connectivity index (χ4n) is 2.62. The Hall–Kier alpha value is -3.00. The molecule has 23 heavy (non-hydrogen) atoms. The molecule has 5 heteroatoms. The number of furan rings is 1. The molecule has 116 valence electrons. The molecule has 5 nitrogen and oxygen atoms in total. The van der Waals surface area contributed by atoms with Crippen LogP contribution in [0.5, 0.6) is 0 Å². The van der Waals surface area contributed by atoms with Crippen LogP contribution in [0, 0.1) is 11.3 Å². The van der Waals surface area contributed by atoms with E-state index < -0.39 is 0 Å². The van der Waals surface area contributed by atoms with Gasteiger partial charge in [-0.25, -0.2) is 0 Å². The van der Waals surface area contributed by atoms with Gasteiger partial charge in [-0.15, -0.1) is 0 Å². The maximum Gasteiger partial charge on any atom is 0.263 e. The molecule has 2 aromatic rings. The van der Waals surface area contributed by atoms with Crippen LogP contribution < -0.4 is 5.32 Å². The van der Waals surface area contributed by atoms with Gasteiger partial charge in [0.2, 0.25) is 0 Å². The van der Waals surface area contributed by atoms with E-state index in [-0.39, 0.29) is 18.0 Å². The summed E-state index contributed by atoms with van der Waals surface area (Å²) >= 11 is 0. The molecule has 0 fully saturated rings. The normalized spacial score (nSPS) is 14.0. The van der Waals surface area contributed by atoms with Gasteiger partial charge >= 0.3 is 0 Å². The average molecular weight is 307 g/mol. The van der Waals surface area contributed by atoms with Crippen molar-refractivity contribution in [3.63, 3.8) is 0 Å². The van der Waals surface area contributed by atoms with E-state index in [4.69, 9.17) is 4.42 Å². The van der Waals surface area contributed by atoms with Crippen LogP contribution in [0.3, 0.4) is 0 Å². The molecule has 1 aromatic heterocycles. The van der Waals surface area contributed by atoms with E-state index in [1.165, 1.54) is 11.1 Å². The average Bonchev–Trinajstić information content (AvgIpc) is 3.11. The summed E-state index contributed by atoms with van der Waals surface area (Å²) in [4.78, 5) is 14.1. The molecule has 0 bridgehead atoms. The number of hydrogen-bond acceptors (Lipinski definition) is 4. The summed E-state index contributed by atoms with van der Waals surface area (Å²) in [6.07, 6.45) is 4.11. The number of rotatable bonds is 4. The third-order valence-electron chi connectivity index (χ3n) is 3.84. The molecule has 2 heterocycles. The van der Waals surface area contributed by atoms with Gasteiger partial charge in [0.25, 0.3) is 5.91 Å². The Kier molecular flexibility index (Phi) is 4.44. The zero-order valence-electron chi connectivity index (χ0n) is 12.7. The highest BCUT2D eigenvalue weighted by atomic mass is 16.3. The van der Waals surface area contributed by atoms with Gasteiger partial charge in [0.15, 0.2) is 0 Å². The number of hydrogen-bond donors (Lipinski definition) is 1. The first-order valence-electron chi connectivity index (χ1n) is 7.49. The van der Waals surface area contributed by atoms with Crippen LogP contribution in [0.4, 0.5) is 0 Å². The van der Waals surface area contributed by atoms with Gasteiger partial charge in [-0.2, -0.15) is 5.26 Å². The molecular formula is C18H17N3O2. The van der Waals surface area contributed by atoms with Crippen LogP contribution in [-0.4, -0.2) is 17.4 Å². The topological polar surface area (TPSA) is 69.3 Å². The van der Waals surface area contributed by atoms with Crippen molar-refractivity contribution in [2.24, 2.45) is 0 Å². The van der Waals surface area contributed by atoms with Gasteiger partial charge in [0, 0.05) is 19.3 Å². The number of amides is 1. The third kappa shape index (κ3) is 3.61. The van der Waals surface area contributed by atoms with Crippen molar-refractivity contribution in [3.8, 4) is 6.07 Å². The van der Waals surface area contributed by atoms with E-state index in [1.807, 2.05) is 23.1 Å². The van der Waals surface area contributed by atoms with Crippen molar-refractivity contribution in [1.82, 2.24) is 10.2 Å². The summed E-state index contributed by atoms with van der Waals surface area (Å²) in [5.74, 6) is 0.269. The molecule has 0 aliphatic carbocycles. The van der Waals surface area contributed by atoms with E-state index in [9.17, 15) is 10.1 Å². The molecule has 3 rings (SSSR count). The minimum atomic E-state index is -0.386.